The number of hydrogen-bond acceptors (Lipinski definition) is 5. The summed E-state index contributed by atoms with van der Waals surface area (Å²) < 4.78 is 0. The predicted molar refractivity (Wildman–Crippen MR) is 112 cm³/mol. The van der Waals surface area contributed by atoms with Crippen LogP contribution in [0.5, 0.6) is 0 Å². The van der Waals surface area contributed by atoms with Crippen LogP contribution in [0.25, 0.3) is 0 Å². The number of nitrogens with zero attached hydrogens (tertiary/aromatic N) is 3. The minimum atomic E-state index is -0.959. The standard InChI is InChI=1S/C24H30N4O2/c29-15-23(10-17-1-4-25-5-2-17,14-21-3-6-26-16-27-21)22(30)28-24-11-18-7-19(12-24)9-20(8-18)13-24/h1-6,16,18-20,29H,7-15H2,(H,28,30). The van der Waals surface area contributed by atoms with Crippen molar-refractivity contribution in [3.05, 3.63) is 54.4 Å². The first-order chi connectivity index (χ1) is 14.6. The van der Waals surface area contributed by atoms with Crippen molar-refractivity contribution >= 4 is 5.91 Å². The molecule has 1 atom stereocenters. The fourth-order valence-corrected chi connectivity index (χ4v) is 6.70. The van der Waals surface area contributed by atoms with Gasteiger partial charge in [-0.1, -0.05) is 0 Å². The lowest BCUT2D eigenvalue weighted by molar-refractivity contribution is -0.139. The summed E-state index contributed by atoms with van der Waals surface area (Å²) >= 11 is 0. The van der Waals surface area contributed by atoms with E-state index in [1.165, 1.54) is 25.6 Å². The van der Waals surface area contributed by atoms with E-state index >= 15 is 0 Å². The third-order valence-electron chi connectivity index (χ3n) is 7.66. The summed E-state index contributed by atoms with van der Waals surface area (Å²) in [6.45, 7) is -0.225. The maximum Gasteiger partial charge on any atom is 0.229 e. The van der Waals surface area contributed by atoms with Crippen molar-refractivity contribution < 1.29 is 9.90 Å². The quantitative estimate of drug-likeness (QED) is 0.738. The van der Waals surface area contributed by atoms with Gasteiger partial charge in [-0.3, -0.25) is 9.78 Å². The first-order valence-electron chi connectivity index (χ1n) is 11.2. The van der Waals surface area contributed by atoms with Crippen molar-refractivity contribution in [1.82, 2.24) is 20.3 Å². The number of rotatable bonds is 7. The van der Waals surface area contributed by atoms with Crippen molar-refractivity contribution in [1.29, 1.82) is 0 Å². The van der Waals surface area contributed by atoms with Crippen molar-refractivity contribution in [3.8, 4) is 0 Å². The zero-order valence-electron chi connectivity index (χ0n) is 17.3. The van der Waals surface area contributed by atoms with E-state index in [1.54, 1.807) is 18.6 Å². The molecule has 6 heteroatoms. The Morgan fingerprint density at radius 1 is 1.00 bits per heavy atom. The molecule has 6 nitrogen and oxygen atoms in total. The van der Waals surface area contributed by atoms with Crippen molar-refractivity contribution in [2.45, 2.75) is 56.9 Å². The van der Waals surface area contributed by atoms with Gasteiger partial charge in [0, 0.05) is 36.2 Å². The van der Waals surface area contributed by atoms with E-state index in [-0.39, 0.29) is 18.1 Å². The van der Waals surface area contributed by atoms with Gasteiger partial charge in [-0.15, -0.1) is 0 Å². The maximum absolute atomic E-state index is 13.9. The van der Waals surface area contributed by atoms with Crippen LogP contribution >= 0.6 is 0 Å². The number of nitrogens with one attached hydrogen (secondary N) is 1. The monoisotopic (exact) mass is 406 g/mol. The molecule has 6 rings (SSSR count). The number of aromatic nitrogens is 3. The summed E-state index contributed by atoms with van der Waals surface area (Å²) in [5.74, 6) is 2.22. The van der Waals surface area contributed by atoms with E-state index in [4.69, 9.17) is 0 Å². The molecule has 0 saturated heterocycles. The van der Waals surface area contributed by atoms with E-state index < -0.39 is 5.41 Å². The molecule has 0 aliphatic heterocycles. The lowest BCUT2D eigenvalue weighted by atomic mass is 9.53. The molecule has 1 unspecified atom stereocenters. The number of amides is 1. The highest BCUT2D eigenvalue weighted by molar-refractivity contribution is 5.84. The lowest BCUT2D eigenvalue weighted by Gasteiger charge is -2.57. The number of aliphatic hydroxyl groups excluding tert-OH is 1. The molecule has 2 heterocycles. The van der Waals surface area contributed by atoms with E-state index in [2.05, 4.69) is 20.3 Å². The molecule has 4 aliphatic rings. The smallest absolute Gasteiger partial charge is 0.229 e. The SMILES string of the molecule is O=C(NC12CC3CC(CC(C3)C1)C2)C(CO)(Cc1ccncc1)Cc1ccncn1. The molecule has 4 fully saturated rings. The lowest BCUT2D eigenvalue weighted by Crippen LogP contribution is -2.63. The Hall–Kier alpha value is -2.34. The van der Waals surface area contributed by atoms with Gasteiger partial charge in [0.05, 0.1) is 12.0 Å². The van der Waals surface area contributed by atoms with Crippen LogP contribution in [-0.2, 0) is 17.6 Å². The van der Waals surface area contributed by atoms with E-state index in [0.29, 0.717) is 12.8 Å². The molecule has 158 valence electrons. The average molecular weight is 407 g/mol. The second-order valence-electron chi connectivity index (χ2n) is 10.0. The number of aliphatic hydroxyl groups is 1. The fraction of sp³-hybridized carbons (Fsp3) is 0.583. The van der Waals surface area contributed by atoms with Crippen LogP contribution in [0.15, 0.2) is 43.1 Å². The van der Waals surface area contributed by atoms with Crippen LogP contribution in [0.3, 0.4) is 0 Å². The third-order valence-corrected chi connectivity index (χ3v) is 7.66. The van der Waals surface area contributed by atoms with E-state index in [9.17, 15) is 9.90 Å². The molecule has 0 aromatic carbocycles. The van der Waals surface area contributed by atoms with E-state index in [1.807, 2.05) is 18.2 Å². The predicted octanol–water partition coefficient (Wildman–Crippen LogP) is 2.72. The Bertz CT molecular complexity index is 810. The highest BCUT2D eigenvalue weighted by Crippen LogP contribution is 2.55. The van der Waals surface area contributed by atoms with Crippen molar-refractivity contribution in [2.24, 2.45) is 23.2 Å². The fourth-order valence-electron chi connectivity index (χ4n) is 6.70. The average Bonchev–Trinajstić information content (AvgIpc) is 2.73. The molecule has 4 bridgehead atoms. The van der Waals surface area contributed by atoms with Gasteiger partial charge < -0.3 is 10.4 Å². The number of pyridine rings is 1. The number of hydrogen-bond donors (Lipinski definition) is 2. The van der Waals surface area contributed by atoms with Crippen LogP contribution in [0.2, 0.25) is 0 Å². The molecular formula is C24H30N4O2. The van der Waals surface area contributed by atoms with Crippen LogP contribution in [0.1, 0.15) is 49.8 Å². The Kier molecular flexibility index (Phi) is 5.05. The van der Waals surface area contributed by atoms with Crippen molar-refractivity contribution in [2.75, 3.05) is 6.61 Å². The molecule has 30 heavy (non-hydrogen) atoms. The maximum atomic E-state index is 13.9. The van der Waals surface area contributed by atoms with E-state index in [0.717, 1.165) is 48.3 Å². The molecule has 2 aromatic rings. The first kappa shape index (κ1) is 19.6. The van der Waals surface area contributed by atoms with Crippen LogP contribution < -0.4 is 5.32 Å². The summed E-state index contributed by atoms with van der Waals surface area (Å²) in [6, 6.07) is 5.67. The van der Waals surface area contributed by atoms with Crippen LogP contribution in [0, 0.1) is 23.2 Å². The highest BCUT2D eigenvalue weighted by atomic mass is 16.3. The van der Waals surface area contributed by atoms with Gasteiger partial charge in [0.15, 0.2) is 0 Å². The second-order valence-corrected chi connectivity index (χ2v) is 10.0. The summed E-state index contributed by atoms with van der Waals surface area (Å²) in [6.07, 6.45) is 14.8. The number of carbonyl (C=O) groups excluding carboxylic acids is 1. The summed E-state index contributed by atoms with van der Waals surface area (Å²) in [7, 11) is 0. The molecule has 4 saturated carbocycles. The van der Waals surface area contributed by atoms with Gasteiger partial charge in [-0.25, -0.2) is 9.97 Å². The Morgan fingerprint density at radius 2 is 1.63 bits per heavy atom. The highest BCUT2D eigenvalue weighted by Gasteiger charge is 2.53. The minimum absolute atomic E-state index is 0.0395. The van der Waals surface area contributed by atoms with Crippen LogP contribution in [-0.4, -0.2) is 38.1 Å². The minimum Gasteiger partial charge on any atom is -0.395 e. The molecule has 2 N–H and O–H groups in total. The van der Waals surface area contributed by atoms with Gasteiger partial charge in [-0.05, 0) is 86.5 Å². The van der Waals surface area contributed by atoms with Gasteiger partial charge in [0.2, 0.25) is 5.91 Å². The molecule has 0 spiro atoms. The first-order valence-corrected chi connectivity index (χ1v) is 11.2. The molecule has 0 radical (unpaired) electrons. The Balaban J connectivity index is 1.43. The Morgan fingerprint density at radius 3 is 2.20 bits per heavy atom. The summed E-state index contributed by atoms with van der Waals surface area (Å²) in [4.78, 5) is 26.3. The largest absolute Gasteiger partial charge is 0.395 e. The summed E-state index contributed by atoms with van der Waals surface area (Å²) in [5.41, 5.74) is 0.720. The zero-order valence-corrected chi connectivity index (χ0v) is 17.3. The molecule has 4 aliphatic carbocycles. The number of carbonyl (C=O) groups is 1. The van der Waals surface area contributed by atoms with Gasteiger partial charge in [0.1, 0.15) is 6.33 Å². The summed E-state index contributed by atoms with van der Waals surface area (Å²) in [5, 5.41) is 14.1. The van der Waals surface area contributed by atoms with Crippen LogP contribution in [0.4, 0.5) is 0 Å². The van der Waals surface area contributed by atoms with Gasteiger partial charge in [-0.2, -0.15) is 0 Å². The molecule has 2 aromatic heterocycles. The van der Waals surface area contributed by atoms with Crippen molar-refractivity contribution in [3.63, 3.8) is 0 Å². The van der Waals surface area contributed by atoms with Gasteiger partial charge in [0.25, 0.3) is 0 Å². The molecule has 1 amide bonds. The zero-order chi connectivity index (χ0) is 20.6. The Labute approximate surface area is 177 Å². The molecular weight excluding hydrogens is 376 g/mol. The normalized spacial score (nSPS) is 31.3. The third kappa shape index (κ3) is 3.73. The topological polar surface area (TPSA) is 88.0 Å². The second kappa shape index (κ2) is 7.73. The van der Waals surface area contributed by atoms with Gasteiger partial charge >= 0.3 is 0 Å².